The van der Waals surface area contributed by atoms with Crippen LogP contribution in [0.2, 0.25) is 10.0 Å². The molecule has 0 fully saturated rings. The zero-order valence-corrected chi connectivity index (χ0v) is 25.4. The summed E-state index contributed by atoms with van der Waals surface area (Å²) in [4.78, 5) is 33.0. The van der Waals surface area contributed by atoms with Crippen molar-refractivity contribution in [3.8, 4) is 17.1 Å². The van der Waals surface area contributed by atoms with Crippen LogP contribution in [0.4, 0.5) is 0 Å². The van der Waals surface area contributed by atoms with Crippen molar-refractivity contribution in [3.05, 3.63) is 137 Å². The fraction of sp³-hybridized carbons (Fsp3) is 0.121. The Balaban J connectivity index is 1.57. The highest BCUT2D eigenvalue weighted by atomic mass is 35.5. The number of ether oxygens (including phenoxy) is 2. The summed E-state index contributed by atoms with van der Waals surface area (Å²) in [6, 6.07) is 24.5. The van der Waals surface area contributed by atoms with Gasteiger partial charge in [0.15, 0.2) is 4.80 Å². The van der Waals surface area contributed by atoms with Crippen LogP contribution in [0.25, 0.3) is 23.1 Å². The molecule has 5 aromatic rings. The molecule has 43 heavy (non-hydrogen) atoms. The minimum Gasteiger partial charge on any atom is -0.497 e. The van der Waals surface area contributed by atoms with E-state index in [1.165, 1.54) is 15.9 Å². The van der Waals surface area contributed by atoms with Crippen molar-refractivity contribution < 1.29 is 18.7 Å². The smallest absolute Gasteiger partial charge is 0.338 e. The fourth-order valence-corrected chi connectivity index (χ4v) is 6.32. The Morgan fingerprint density at radius 3 is 2.63 bits per heavy atom. The molecule has 0 bridgehead atoms. The summed E-state index contributed by atoms with van der Waals surface area (Å²) in [5, 5.41) is 1.01. The van der Waals surface area contributed by atoms with Gasteiger partial charge in [0.25, 0.3) is 5.56 Å². The van der Waals surface area contributed by atoms with E-state index in [9.17, 15) is 9.59 Å². The average Bonchev–Trinajstić information content (AvgIpc) is 3.62. The second kappa shape index (κ2) is 12.1. The van der Waals surface area contributed by atoms with Gasteiger partial charge in [-0.15, -0.1) is 0 Å². The molecule has 1 aliphatic rings. The number of hydrogen-bond acceptors (Lipinski definition) is 7. The van der Waals surface area contributed by atoms with Crippen molar-refractivity contribution in [1.29, 1.82) is 0 Å². The summed E-state index contributed by atoms with van der Waals surface area (Å²) in [5.41, 5.74) is 2.41. The van der Waals surface area contributed by atoms with E-state index in [2.05, 4.69) is 0 Å². The Hall–Kier alpha value is -4.37. The van der Waals surface area contributed by atoms with Crippen LogP contribution in [-0.2, 0) is 9.53 Å². The minimum atomic E-state index is -0.819. The largest absolute Gasteiger partial charge is 0.497 e. The normalized spacial score (nSPS) is 14.8. The molecule has 2 aromatic heterocycles. The topological polar surface area (TPSA) is 83.0 Å². The Labute approximate surface area is 260 Å². The van der Waals surface area contributed by atoms with Crippen LogP contribution >= 0.6 is 34.5 Å². The zero-order valence-electron chi connectivity index (χ0n) is 23.0. The molecule has 1 aliphatic heterocycles. The van der Waals surface area contributed by atoms with E-state index in [0.717, 1.165) is 5.56 Å². The van der Waals surface area contributed by atoms with E-state index >= 15 is 0 Å². The number of carbonyl (C=O) groups is 1. The third kappa shape index (κ3) is 5.57. The predicted molar refractivity (Wildman–Crippen MR) is 168 cm³/mol. The summed E-state index contributed by atoms with van der Waals surface area (Å²) in [7, 11) is 1.57. The molecule has 7 nitrogen and oxygen atoms in total. The second-order valence-corrected chi connectivity index (χ2v) is 11.4. The first-order valence-corrected chi connectivity index (χ1v) is 14.9. The third-order valence-electron chi connectivity index (χ3n) is 6.88. The zero-order chi connectivity index (χ0) is 30.1. The third-order valence-corrected chi connectivity index (χ3v) is 8.42. The fourth-order valence-electron chi connectivity index (χ4n) is 4.96. The average molecular weight is 632 g/mol. The summed E-state index contributed by atoms with van der Waals surface area (Å²) in [6.45, 7) is 1.90. The molecule has 0 N–H and O–H groups in total. The number of aromatic nitrogens is 1. The standard InChI is InChI=1S/C33H24Cl2N2O5S/c1-3-41-32(39)28-29(19-8-5-4-6-9-19)36-33-37(30(28)20-10-7-11-22(16-20)40-2)31(38)27(43-33)18-23-13-15-26(42-23)24-17-21(34)12-14-25(24)35/h4-18,30H,3H2,1-2H3/b27-18-/t30-/m1/s1. The van der Waals surface area contributed by atoms with Crippen LogP contribution in [0.3, 0.4) is 0 Å². The lowest BCUT2D eigenvalue weighted by molar-refractivity contribution is -0.138. The SMILES string of the molecule is CCOC(=O)C1=C(c2ccccc2)N=c2s/c(=C\c3ccc(-c4cc(Cl)ccc4Cl)o3)c(=O)n2[C@@H]1c1cccc(OC)c1. The molecule has 6 rings (SSSR count). The van der Waals surface area contributed by atoms with E-state index in [-0.39, 0.29) is 17.7 Å². The van der Waals surface area contributed by atoms with Gasteiger partial charge in [0.05, 0.1) is 40.6 Å². The maximum absolute atomic E-state index is 14.1. The Kier molecular flexibility index (Phi) is 8.08. The predicted octanol–water partition coefficient (Wildman–Crippen LogP) is 6.51. The number of hydrogen-bond donors (Lipinski definition) is 0. The highest BCUT2D eigenvalue weighted by Crippen LogP contribution is 2.36. The lowest BCUT2D eigenvalue weighted by atomic mass is 9.93. The first-order chi connectivity index (χ1) is 20.9. The minimum absolute atomic E-state index is 0.164. The second-order valence-electron chi connectivity index (χ2n) is 9.53. The number of furan rings is 1. The van der Waals surface area contributed by atoms with Gasteiger partial charge in [-0.1, -0.05) is 77.0 Å². The molecule has 0 saturated carbocycles. The summed E-state index contributed by atoms with van der Waals surface area (Å²) in [6.07, 6.45) is 1.66. The van der Waals surface area contributed by atoms with Crippen LogP contribution in [0.15, 0.2) is 105 Å². The van der Waals surface area contributed by atoms with Gasteiger partial charge in [0.1, 0.15) is 17.3 Å². The Morgan fingerprint density at radius 2 is 1.86 bits per heavy atom. The van der Waals surface area contributed by atoms with Gasteiger partial charge < -0.3 is 13.9 Å². The molecular formula is C33H24Cl2N2O5S. The van der Waals surface area contributed by atoms with Gasteiger partial charge in [-0.3, -0.25) is 9.36 Å². The number of esters is 1. The van der Waals surface area contributed by atoms with Crippen LogP contribution < -0.4 is 19.6 Å². The first-order valence-electron chi connectivity index (χ1n) is 13.4. The molecule has 10 heteroatoms. The van der Waals surface area contributed by atoms with Gasteiger partial charge >= 0.3 is 5.97 Å². The molecule has 0 radical (unpaired) electrons. The van der Waals surface area contributed by atoms with E-state index < -0.39 is 12.0 Å². The summed E-state index contributed by atoms with van der Waals surface area (Å²) < 4.78 is 19.0. The van der Waals surface area contributed by atoms with E-state index in [0.29, 0.717) is 53.5 Å². The van der Waals surface area contributed by atoms with Gasteiger partial charge in [-0.05, 0) is 55.0 Å². The number of benzene rings is 3. The maximum Gasteiger partial charge on any atom is 0.338 e. The van der Waals surface area contributed by atoms with Gasteiger partial charge in [0, 0.05) is 22.2 Å². The number of fused-ring (bicyclic) bond motifs is 1. The molecule has 1 atom stereocenters. The molecule has 0 aliphatic carbocycles. The molecule has 0 amide bonds. The number of thiazole rings is 1. The summed E-state index contributed by atoms with van der Waals surface area (Å²) in [5.74, 6) is 0.990. The van der Waals surface area contributed by atoms with Crippen molar-refractivity contribution in [2.75, 3.05) is 13.7 Å². The van der Waals surface area contributed by atoms with Gasteiger partial charge in [-0.2, -0.15) is 0 Å². The van der Waals surface area contributed by atoms with Crippen LogP contribution in [-0.4, -0.2) is 24.3 Å². The molecule has 3 heterocycles. The molecule has 216 valence electrons. The Bertz CT molecular complexity index is 2060. The number of nitrogens with zero attached hydrogens (tertiary/aromatic N) is 2. The van der Waals surface area contributed by atoms with E-state index in [1.54, 1.807) is 56.5 Å². The van der Waals surface area contributed by atoms with Crippen LogP contribution in [0.1, 0.15) is 29.9 Å². The quantitative estimate of drug-likeness (QED) is 0.191. The lowest BCUT2D eigenvalue weighted by Gasteiger charge is -2.26. The van der Waals surface area contributed by atoms with E-state index in [1.807, 2.05) is 48.5 Å². The highest BCUT2D eigenvalue weighted by molar-refractivity contribution is 7.07. The monoisotopic (exact) mass is 630 g/mol. The van der Waals surface area contributed by atoms with Crippen molar-refractivity contribution in [3.63, 3.8) is 0 Å². The molecule has 0 saturated heterocycles. The van der Waals surface area contributed by atoms with E-state index in [4.69, 9.17) is 42.1 Å². The lowest BCUT2D eigenvalue weighted by Crippen LogP contribution is -2.40. The van der Waals surface area contributed by atoms with Gasteiger partial charge in [0.2, 0.25) is 0 Å². The summed E-state index contributed by atoms with van der Waals surface area (Å²) >= 11 is 13.7. The van der Waals surface area contributed by atoms with Crippen molar-refractivity contribution in [1.82, 2.24) is 4.57 Å². The Morgan fingerprint density at radius 1 is 1.05 bits per heavy atom. The number of methoxy groups -OCH3 is 1. The molecule has 3 aromatic carbocycles. The van der Waals surface area contributed by atoms with Crippen molar-refractivity contribution >= 4 is 52.3 Å². The number of carbonyl (C=O) groups excluding carboxylic acids is 1. The number of rotatable bonds is 7. The molecular weight excluding hydrogens is 607 g/mol. The molecule has 0 unspecified atom stereocenters. The van der Waals surface area contributed by atoms with Crippen molar-refractivity contribution in [2.24, 2.45) is 4.99 Å². The maximum atomic E-state index is 14.1. The molecule has 0 spiro atoms. The highest BCUT2D eigenvalue weighted by Gasteiger charge is 2.35. The number of halogens is 2. The first kappa shape index (κ1) is 28.7. The van der Waals surface area contributed by atoms with Crippen LogP contribution in [0.5, 0.6) is 5.75 Å². The van der Waals surface area contributed by atoms with Gasteiger partial charge in [-0.25, -0.2) is 9.79 Å². The van der Waals surface area contributed by atoms with Crippen LogP contribution in [0, 0.1) is 0 Å². The van der Waals surface area contributed by atoms with Crippen molar-refractivity contribution in [2.45, 2.75) is 13.0 Å².